The van der Waals surface area contributed by atoms with Crippen LogP contribution in [0.15, 0.2) is 18.2 Å². The Morgan fingerprint density at radius 1 is 1.48 bits per heavy atom. The number of methoxy groups -OCH3 is 1. The van der Waals surface area contributed by atoms with E-state index < -0.39 is 5.97 Å². The molecule has 21 heavy (non-hydrogen) atoms. The number of rotatable bonds is 5. The van der Waals surface area contributed by atoms with Crippen molar-refractivity contribution >= 4 is 39.8 Å². The van der Waals surface area contributed by atoms with Crippen molar-refractivity contribution in [2.75, 3.05) is 19.0 Å². The van der Waals surface area contributed by atoms with Gasteiger partial charge in [0.2, 0.25) is 0 Å². The quantitative estimate of drug-likeness (QED) is 0.840. The molecule has 1 aromatic carbocycles. The molecule has 1 heterocycles. The van der Waals surface area contributed by atoms with Crippen LogP contribution in [0.4, 0.5) is 10.7 Å². The summed E-state index contributed by atoms with van der Waals surface area (Å²) in [5.74, 6) is 0.229. The summed E-state index contributed by atoms with van der Waals surface area (Å²) in [4.78, 5) is 12.0. The lowest BCUT2D eigenvalue weighted by Gasteiger charge is -2.11. The molecule has 0 saturated carbocycles. The van der Waals surface area contributed by atoms with E-state index in [9.17, 15) is 4.79 Å². The van der Waals surface area contributed by atoms with Gasteiger partial charge in [-0.2, -0.15) is 4.37 Å². The molecule has 0 atom stereocenters. The zero-order valence-electron chi connectivity index (χ0n) is 11.9. The predicted molar refractivity (Wildman–Crippen MR) is 84.1 cm³/mol. The molecule has 112 valence electrons. The number of halogens is 1. The number of aryl methyl sites for hydroxylation is 1. The molecule has 0 aliphatic heterocycles. The molecule has 0 aliphatic rings. The van der Waals surface area contributed by atoms with Gasteiger partial charge in [-0.1, -0.05) is 11.6 Å². The Morgan fingerprint density at radius 3 is 2.90 bits per heavy atom. The molecule has 1 aromatic heterocycles. The van der Waals surface area contributed by atoms with Crippen LogP contribution < -0.4 is 10.1 Å². The minimum Gasteiger partial charge on any atom is -0.495 e. The summed E-state index contributed by atoms with van der Waals surface area (Å²) in [5, 5.41) is 4.31. The van der Waals surface area contributed by atoms with Crippen molar-refractivity contribution in [3.05, 3.63) is 34.5 Å². The van der Waals surface area contributed by atoms with E-state index in [1.165, 1.54) is 11.5 Å². The van der Waals surface area contributed by atoms with Gasteiger partial charge in [0.15, 0.2) is 0 Å². The van der Waals surface area contributed by atoms with Gasteiger partial charge in [-0.15, -0.1) is 0 Å². The summed E-state index contributed by atoms with van der Waals surface area (Å²) in [6, 6.07) is 5.21. The molecular weight excluding hydrogens is 312 g/mol. The molecule has 0 radical (unpaired) electrons. The molecule has 0 spiro atoms. The second-order valence-corrected chi connectivity index (χ2v) is 5.37. The van der Waals surface area contributed by atoms with Crippen LogP contribution in [-0.4, -0.2) is 24.1 Å². The molecule has 0 aliphatic carbocycles. The van der Waals surface area contributed by atoms with E-state index in [-0.39, 0.29) is 0 Å². The van der Waals surface area contributed by atoms with Crippen molar-refractivity contribution in [1.82, 2.24) is 4.37 Å². The minimum atomic E-state index is -0.396. The van der Waals surface area contributed by atoms with E-state index in [2.05, 4.69) is 9.69 Å². The topological polar surface area (TPSA) is 60.5 Å². The van der Waals surface area contributed by atoms with E-state index >= 15 is 0 Å². The molecule has 0 bridgehead atoms. The first-order valence-corrected chi connectivity index (χ1v) is 7.46. The minimum absolute atomic E-state index is 0.314. The number of hydrogen-bond donors (Lipinski definition) is 1. The van der Waals surface area contributed by atoms with E-state index in [1.54, 1.807) is 39.2 Å². The highest BCUT2D eigenvalue weighted by Gasteiger charge is 2.20. The number of nitrogens with one attached hydrogen (secondary N) is 1. The van der Waals surface area contributed by atoms with Crippen LogP contribution >= 0.6 is 23.1 Å². The number of ether oxygens (including phenoxy) is 2. The number of hydrogen-bond acceptors (Lipinski definition) is 6. The fourth-order valence-electron chi connectivity index (χ4n) is 1.80. The van der Waals surface area contributed by atoms with Crippen molar-refractivity contribution in [1.29, 1.82) is 0 Å². The number of nitrogens with zero attached hydrogens (tertiary/aromatic N) is 1. The van der Waals surface area contributed by atoms with Crippen molar-refractivity contribution in [3.63, 3.8) is 0 Å². The van der Waals surface area contributed by atoms with Crippen LogP contribution in [0.5, 0.6) is 5.75 Å². The maximum atomic E-state index is 12.0. The Kier molecular flexibility index (Phi) is 5.03. The van der Waals surface area contributed by atoms with Crippen molar-refractivity contribution in [2.24, 2.45) is 0 Å². The van der Waals surface area contributed by atoms with Crippen LogP contribution in [0.1, 0.15) is 23.0 Å². The SMILES string of the molecule is CCOC(=O)c1c(C)nsc1Nc1cc(Cl)ccc1OC. The molecular formula is C14H15ClN2O3S. The van der Waals surface area contributed by atoms with Gasteiger partial charge in [-0.3, -0.25) is 0 Å². The number of benzene rings is 1. The first-order valence-electron chi connectivity index (χ1n) is 6.30. The highest BCUT2D eigenvalue weighted by molar-refractivity contribution is 7.10. The lowest BCUT2D eigenvalue weighted by atomic mass is 10.2. The van der Waals surface area contributed by atoms with Gasteiger partial charge >= 0.3 is 5.97 Å². The van der Waals surface area contributed by atoms with Crippen molar-refractivity contribution < 1.29 is 14.3 Å². The maximum Gasteiger partial charge on any atom is 0.343 e. The molecule has 0 unspecified atom stereocenters. The second kappa shape index (κ2) is 6.78. The Hall–Kier alpha value is -1.79. The number of esters is 1. The lowest BCUT2D eigenvalue weighted by Crippen LogP contribution is -2.07. The zero-order valence-corrected chi connectivity index (χ0v) is 13.5. The van der Waals surface area contributed by atoms with Gasteiger partial charge in [0.25, 0.3) is 0 Å². The largest absolute Gasteiger partial charge is 0.495 e. The molecule has 0 saturated heterocycles. The molecule has 2 aromatic rings. The zero-order chi connectivity index (χ0) is 15.4. The summed E-state index contributed by atoms with van der Waals surface area (Å²) >= 11 is 7.19. The first-order chi connectivity index (χ1) is 10.1. The number of aromatic nitrogens is 1. The Balaban J connectivity index is 2.36. The summed E-state index contributed by atoms with van der Waals surface area (Å²) in [6.45, 7) is 3.84. The third-order valence-electron chi connectivity index (χ3n) is 2.75. The average Bonchev–Trinajstić information content (AvgIpc) is 2.80. The van der Waals surface area contributed by atoms with Gasteiger partial charge in [0, 0.05) is 5.02 Å². The van der Waals surface area contributed by atoms with Crippen LogP contribution in [0, 0.1) is 6.92 Å². The van der Waals surface area contributed by atoms with Gasteiger partial charge in [-0.25, -0.2) is 4.79 Å². The Labute approximate surface area is 132 Å². The third-order valence-corrected chi connectivity index (χ3v) is 3.84. The van der Waals surface area contributed by atoms with E-state index in [0.717, 1.165) is 0 Å². The summed E-state index contributed by atoms with van der Waals surface area (Å²) in [7, 11) is 1.57. The second-order valence-electron chi connectivity index (χ2n) is 4.16. The fraction of sp³-hybridized carbons (Fsp3) is 0.286. The first kappa shape index (κ1) is 15.6. The highest BCUT2D eigenvalue weighted by Crippen LogP contribution is 2.34. The molecule has 2 rings (SSSR count). The summed E-state index contributed by atoms with van der Waals surface area (Å²) in [6.07, 6.45) is 0. The predicted octanol–water partition coefficient (Wildman–Crippen LogP) is 4.03. The monoisotopic (exact) mass is 326 g/mol. The fourth-order valence-corrected chi connectivity index (χ4v) is 2.77. The van der Waals surface area contributed by atoms with E-state index in [1.807, 2.05) is 0 Å². The number of carbonyl (C=O) groups excluding carboxylic acids is 1. The lowest BCUT2D eigenvalue weighted by molar-refractivity contribution is 0.0527. The van der Waals surface area contributed by atoms with Crippen LogP contribution in [-0.2, 0) is 4.74 Å². The van der Waals surface area contributed by atoms with Gasteiger partial charge in [0.1, 0.15) is 16.3 Å². The standard InChI is InChI=1S/C14H15ClN2O3S/c1-4-20-14(18)12-8(2)17-21-13(12)16-10-7-9(15)5-6-11(10)19-3/h5-7,16H,4H2,1-3H3. The molecule has 5 nitrogen and oxygen atoms in total. The molecule has 1 N–H and O–H groups in total. The Morgan fingerprint density at radius 2 is 2.24 bits per heavy atom. The van der Waals surface area contributed by atoms with E-state index in [4.69, 9.17) is 21.1 Å². The smallest absolute Gasteiger partial charge is 0.343 e. The Bertz CT molecular complexity index is 658. The van der Waals surface area contributed by atoms with Crippen LogP contribution in [0.3, 0.4) is 0 Å². The normalized spacial score (nSPS) is 10.3. The summed E-state index contributed by atoms with van der Waals surface area (Å²) < 4.78 is 14.5. The average molecular weight is 327 g/mol. The van der Waals surface area contributed by atoms with Crippen molar-refractivity contribution in [2.45, 2.75) is 13.8 Å². The van der Waals surface area contributed by atoms with Crippen LogP contribution in [0.2, 0.25) is 5.02 Å². The van der Waals surface area contributed by atoms with E-state index in [0.29, 0.717) is 39.3 Å². The van der Waals surface area contributed by atoms with Crippen LogP contribution in [0.25, 0.3) is 0 Å². The molecule has 0 amide bonds. The number of carbonyl (C=O) groups is 1. The highest BCUT2D eigenvalue weighted by atomic mass is 35.5. The molecule has 0 fully saturated rings. The van der Waals surface area contributed by atoms with Crippen molar-refractivity contribution in [3.8, 4) is 5.75 Å². The van der Waals surface area contributed by atoms with Gasteiger partial charge in [0.05, 0.1) is 25.1 Å². The maximum absolute atomic E-state index is 12.0. The van der Waals surface area contributed by atoms with Gasteiger partial charge in [-0.05, 0) is 43.6 Å². The molecule has 7 heteroatoms. The summed E-state index contributed by atoms with van der Waals surface area (Å²) in [5.41, 5.74) is 1.73. The third kappa shape index (κ3) is 3.46. The van der Waals surface area contributed by atoms with Gasteiger partial charge < -0.3 is 14.8 Å². The number of anilines is 2.